The molecule has 0 radical (unpaired) electrons. The summed E-state index contributed by atoms with van der Waals surface area (Å²) in [4.78, 5) is 52.4. The maximum atomic E-state index is 12.7. The van der Waals surface area contributed by atoms with E-state index in [-0.39, 0.29) is 30.8 Å². The lowest BCUT2D eigenvalue weighted by molar-refractivity contribution is -0.136. The number of nitrogens with zero attached hydrogens (tertiary/aromatic N) is 2. The van der Waals surface area contributed by atoms with Crippen molar-refractivity contribution in [3.63, 3.8) is 0 Å². The summed E-state index contributed by atoms with van der Waals surface area (Å²) in [6.45, 7) is 3.11. The molecule has 0 saturated carbocycles. The summed E-state index contributed by atoms with van der Waals surface area (Å²) in [6.07, 6.45) is 1.40. The molecular weight excluding hydrogens is 348 g/mol. The minimum Gasteiger partial charge on any atom is -0.355 e. The SMILES string of the molecule is Cc1ccc2c(c1)C(=O)N(CC(=O)N1CCCC(C(=O)NCCN)C1)C2=O. The van der Waals surface area contributed by atoms with Crippen LogP contribution in [-0.2, 0) is 9.59 Å². The minimum atomic E-state index is -0.447. The second kappa shape index (κ2) is 7.87. The summed E-state index contributed by atoms with van der Waals surface area (Å²) in [7, 11) is 0. The highest BCUT2D eigenvalue weighted by molar-refractivity contribution is 6.22. The number of fused-ring (bicyclic) bond motifs is 1. The van der Waals surface area contributed by atoms with Crippen molar-refractivity contribution in [3.05, 3.63) is 34.9 Å². The number of likely N-dealkylation sites (tertiary alicyclic amines) is 1. The highest BCUT2D eigenvalue weighted by Gasteiger charge is 2.38. The third-order valence-corrected chi connectivity index (χ3v) is 5.01. The van der Waals surface area contributed by atoms with Crippen LogP contribution in [0.25, 0.3) is 0 Å². The van der Waals surface area contributed by atoms with Gasteiger partial charge in [-0.25, -0.2) is 0 Å². The number of piperidine rings is 1. The summed E-state index contributed by atoms with van der Waals surface area (Å²) in [6, 6.07) is 5.05. The zero-order chi connectivity index (χ0) is 19.6. The van der Waals surface area contributed by atoms with E-state index in [0.717, 1.165) is 10.5 Å². The average Bonchev–Trinajstić information content (AvgIpc) is 2.90. The van der Waals surface area contributed by atoms with Crippen molar-refractivity contribution in [3.8, 4) is 0 Å². The van der Waals surface area contributed by atoms with E-state index in [4.69, 9.17) is 5.73 Å². The standard InChI is InChI=1S/C19H24N4O4/c1-12-4-5-14-15(9-12)19(27)23(18(14)26)11-16(24)22-8-2-3-13(10-22)17(25)21-7-6-20/h4-5,9,13H,2-3,6-8,10-11,20H2,1H3,(H,21,25). The Hall–Kier alpha value is -2.74. The molecule has 0 aliphatic carbocycles. The maximum absolute atomic E-state index is 12.7. The Morgan fingerprint density at radius 1 is 1.22 bits per heavy atom. The number of nitrogens with two attached hydrogens (primary N) is 1. The Morgan fingerprint density at radius 2 is 1.96 bits per heavy atom. The molecule has 0 spiro atoms. The number of imide groups is 1. The molecule has 8 heteroatoms. The molecule has 2 aliphatic rings. The molecular formula is C19H24N4O4. The van der Waals surface area contributed by atoms with Crippen molar-refractivity contribution >= 4 is 23.6 Å². The van der Waals surface area contributed by atoms with Crippen LogP contribution in [0.4, 0.5) is 0 Å². The zero-order valence-electron chi connectivity index (χ0n) is 15.4. The lowest BCUT2D eigenvalue weighted by Gasteiger charge is -2.32. The Labute approximate surface area is 157 Å². The van der Waals surface area contributed by atoms with Crippen molar-refractivity contribution in [1.29, 1.82) is 0 Å². The van der Waals surface area contributed by atoms with Gasteiger partial charge in [-0.2, -0.15) is 0 Å². The first kappa shape index (κ1) is 19.0. The third kappa shape index (κ3) is 3.85. The molecule has 27 heavy (non-hydrogen) atoms. The molecule has 2 aliphatic heterocycles. The first-order valence-electron chi connectivity index (χ1n) is 9.14. The van der Waals surface area contributed by atoms with E-state index in [1.54, 1.807) is 23.1 Å². The Bertz CT molecular complexity index is 792. The fourth-order valence-electron chi connectivity index (χ4n) is 3.54. The molecule has 1 aromatic carbocycles. The van der Waals surface area contributed by atoms with Gasteiger partial charge < -0.3 is 16.0 Å². The Balaban J connectivity index is 1.64. The Kier molecular flexibility index (Phi) is 5.55. The van der Waals surface area contributed by atoms with Crippen LogP contribution in [0.5, 0.6) is 0 Å². The van der Waals surface area contributed by atoms with Crippen molar-refractivity contribution in [2.24, 2.45) is 11.7 Å². The number of hydrogen-bond acceptors (Lipinski definition) is 5. The van der Waals surface area contributed by atoms with Gasteiger partial charge >= 0.3 is 0 Å². The molecule has 1 saturated heterocycles. The minimum absolute atomic E-state index is 0.117. The van der Waals surface area contributed by atoms with Crippen LogP contribution in [-0.4, -0.2) is 66.2 Å². The van der Waals surface area contributed by atoms with Gasteiger partial charge in [-0.3, -0.25) is 24.1 Å². The molecule has 1 unspecified atom stereocenters. The van der Waals surface area contributed by atoms with Crippen LogP contribution in [0.15, 0.2) is 18.2 Å². The largest absolute Gasteiger partial charge is 0.355 e. The normalized spacial score (nSPS) is 19.3. The second-order valence-corrected chi connectivity index (χ2v) is 7.00. The van der Waals surface area contributed by atoms with Crippen molar-refractivity contribution in [1.82, 2.24) is 15.1 Å². The van der Waals surface area contributed by atoms with Gasteiger partial charge in [0.1, 0.15) is 6.54 Å². The highest BCUT2D eigenvalue weighted by Crippen LogP contribution is 2.24. The van der Waals surface area contributed by atoms with Crippen LogP contribution in [0.1, 0.15) is 39.1 Å². The number of hydrogen-bond donors (Lipinski definition) is 2. The van der Waals surface area contributed by atoms with Crippen molar-refractivity contribution in [2.75, 3.05) is 32.7 Å². The van der Waals surface area contributed by atoms with E-state index in [1.165, 1.54) is 0 Å². The molecule has 1 atom stereocenters. The predicted octanol–water partition coefficient (Wildman–Crippen LogP) is -0.0955. The monoisotopic (exact) mass is 372 g/mol. The fourth-order valence-corrected chi connectivity index (χ4v) is 3.54. The molecule has 1 aromatic rings. The third-order valence-electron chi connectivity index (χ3n) is 5.01. The van der Waals surface area contributed by atoms with E-state index in [0.29, 0.717) is 43.6 Å². The van der Waals surface area contributed by atoms with E-state index in [9.17, 15) is 19.2 Å². The first-order chi connectivity index (χ1) is 12.9. The van der Waals surface area contributed by atoms with E-state index >= 15 is 0 Å². The van der Waals surface area contributed by atoms with Gasteiger partial charge in [-0.1, -0.05) is 11.6 Å². The van der Waals surface area contributed by atoms with E-state index in [2.05, 4.69) is 5.32 Å². The fraction of sp³-hybridized carbons (Fsp3) is 0.474. The van der Waals surface area contributed by atoms with Crippen LogP contribution < -0.4 is 11.1 Å². The van der Waals surface area contributed by atoms with Gasteiger partial charge in [0, 0.05) is 26.2 Å². The number of carbonyl (C=O) groups is 4. The molecule has 1 fully saturated rings. The quantitative estimate of drug-likeness (QED) is 0.701. The summed E-state index contributed by atoms with van der Waals surface area (Å²) in [5, 5.41) is 2.75. The molecule has 144 valence electrons. The number of aryl methyl sites for hydroxylation is 1. The van der Waals surface area contributed by atoms with E-state index in [1.807, 2.05) is 6.92 Å². The average molecular weight is 372 g/mol. The van der Waals surface area contributed by atoms with Crippen molar-refractivity contribution in [2.45, 2.75) is 19.8 Å². The smallest absolute Gasteiger partial charge is 0.262 e. The van der Waals surface area contributed by atoms with Crippen LogP contribution in [0.2, 0.25) is 0 Å². The van der Waals surface area contributed by atoms with Gasteiger partial charge in [0.05, 0.1) is 17.0 Å². The second-order valence-electron chi connectivity index (χ2n) is 7.00. The number of nitrogens with one attached hydrogen (secondary N) is 1. The van der Waals surface area contributed by atoms with E-state index < -0.39 is 11.8 Å². The molecule has 3 N–H and O–H groups in total. The Morgan fingerprint density at radius 3 is 2.70 bits per heavy atom. The van der Waals surface area contributed by atoms with Gasteiger partial charge in [0.25, 0.3) is 11.8 Å². The number of rotatable bonds is 5. The van der Waals surface area contributed by atoms with Crippen LogP contribution >= 0.6 is 0 Å². The zero-order valence-corrected chi connectivity index (χ0v) is 15.4. The summed E-state index contributed by atoms with van der Waals surface area (Å²) in [5.74, 6) is -1.62. The molecule has 8 nitrogen and oxygen atoms in total. The predicted molar refractivity (Wildman–Crippen MR) is 97.9 cm³/mol. The lowest BCUT2D eigenvalue weighted by atomic mass is 9.97. The molecule has 4 amide bonds. The lowest BCUT2D eigenvalue weighted by Crippen LogP contribution is -2.49. The molecule has 3 rings (SSSR count). The van der Waals surface area contributed by atoms with Gasteiger partial charge in [-0.15, -0.1) is 0 Å². The van der Waals surface area contributed by atoms with Gasteiger partial charge in [0.15, 0.2) is 0 Å². The summed E-state index contributed by atoms with van der Waals surface area (Å²) in [5.41, 5.74) is 6.94. The van der Waals surface area contributed by atoms with Gasteiger partial charge in [0.2, 0.25) is 11.8 Å². The maximum Gasteiger partial charge on any atom is 0.262 e. The van der Waals surface area contributed by atoms with Crippen LogP contribution in [0, 0.1) is 12.8 Å². The topological polar surface area (TPSA) is 113 Å². The van der Waals surface area contributed by atoms with Gasteiger partial charge in [-0.05, 0) is 31.9 Å². The molecule has 2 heterocycles. The van der Waals surface area contributed by atoms with Crippen LogP contribution in [0.3, 0.4) is 0 Å². The number of benzene rings is 1. The van der Waals surface area contributed by atoms with Crippen molar-refractivity contribution < 1.29 is 19.2 Å². The first-order valence-corrected chi connectivity index (χ1v) is 9.14. The molecule has 0 bridgehead atoms. The summed E-state index contributed by atoms with van der Waals surface area (Å²) >= 11 is 0. The number of carbonyl (C=O) groups excluding carboxylic acids is 4. The summed E-state index contributed by atoms with van der Waals surface area (Å²) < 4.78 is 0. The molecule has 0 aromatic heterocycles. The highest BCUT2D eigenvalue weighted by atomic mass is 16.2. The number of amides is 4.